The Morgan fingerprint density at radius 3 is 2.85 bits per heavy atom. The first-order valence-electron chi connectivity index (χ1n) is 4.15. The molecule has 1 aliphatic rings. The summed E-state index contributed by atoms with van der Waals surface area (Å²) in [4.78, 5) is 10.3. The minimum Gasteiger partial charge on any atom is -0.481 e. The largest absolute Gasteiger partial charge is 0.481 e. The third kappa shape index (κ3) is 1.54. The lowest BCUT2D eigenvalue weighted by Gasteiger charge is -1.97. The van der Waals surface area contributed by atoms with Gasteiger partial charge in [0, 0.05) is 5.41 Å². The molecule has 1 aromatic heterocycles. The molecule has 1 aliphatic carbocycles. The molecule has 5 nitrogen and oxygen atoms in total. The Bertz CT molecular complexity index is 341. The van der Waals surface area contributed by atoms with Gasteiger partial charge in [-0.05, 0) is 12.8 Å². The topological polar surface area (TPSA) is 76.2 Å². The molecule has 0 unspecified atom stereocenters. The lowest BCUT2D eigenvalue weighted by molar-refractivity contribution is -0.136. The highest BCUT2D eigenvalue weighted by Crippen LogP contribution is 2.46. The van der Waals surface area contributed by atoms with E-state index in [2.05, 4.69) is 10.2 Å². The summed E-state index contributed by atoms with van der Waals surface area (Å²) in [6.07, 6.45) is 1.90. The summed E-state index contributed by atoms with van der Waals surface area (Å²) in [6, 6.07) is 0. The summed E-state index contributed by atoms with van der Waals surface area (Å²) in [5, 5.41) is 16.0. The van der Waals surface area contributed by atoms with Crippen LogP contribution in [0.25, 0.3) is 0 Å². The molecule has 0 bridgehead atoms. The zero-order valence-corrected chi connectivity index (χ0v) is 7.28. The summed E-state index contributed by atoms with van der Waals surface area (Å²) in [6.45, 7) is 2.03. The Kier molecular flexibility index (Phi) is 1.61. The molecule has 2 rings (SSSR count). The van der Waals surface area contributed by atoms with Crippen LogP contribution in [0.3, 0.4) is 0 Å². The minimum atomic E-state index is -0.948. The molecule has 5 heteroatoms. The summed E-state index contributed by atoms with van der Waals surface area (Å²) in [5.74, 6) is -0.185. The zero-order chi connectivity index (χ0) is 9.47. The molecule has 13 heavy (non-hydrogen) atoms. The normalized spacial score (nSPS) is 18.5. The van der Waals surface area contributed by atoms with Gasteiger partial charge in [-0.15, -0.1) is 10.2 Å². The highest BCUT2D eigenvalue weighted by Gasteiger charge is 2.44. The molecule has 1 N–H and O–H groups in total. The van der Waals surface area contributed by atoms with E-state index in [1.165, 1.54) is 0 Å². The van der Waals surface area contributed by atoms with Crippen molar-refractivity contribution in [2.75, 3.05) is 0 Å². The minimum absolute atomic E-state index is 0.0176. The average molecular weight is 182 g/mol. The first kappa shape index (κ1) is 8.22. The highest BCUT2D eigenvalue weighted by molar-refractivity contribution is 5.68. The fourth-order valence-corrected chi connectivity index (χ4v) is 1.10. The second kappa shape index (κ2) is 2.55. The molecule has 0 aromatic carbocycles. The molecule has 0 atom stereocenters. The van der Waals surface area contributed by atoms with Crippen LogP contribution in [-0.2, 0) is 16.6 Å². The number of hydrogen-bond donors (Lipinski definition) is 1. The molecule has 1 aromatic rings. The molecule has 0 amide bonds. The van der Waals surface area contributed by atoms with Crippen LogP contribution >= 0.6 is 0 Å². The molecule has 1 fully saturated rings. The van der Waals surface area contributed by atoms with Crippen LogP contribution in [0.4, 0.5) is 0 Å². The van der Waals surface area contributed by atoms with E-state index >= 15 is 0 Å². The maximum absolute atomic E-state index is 10.3. The Labute approximate surface area is 74.8 Å². The Morgan fingerprint density at radius 1 is 1.62 bits per heavy atom. The number of rotatable bonds is 3. The van der Waals surface area contributed by atoms with Crippen molar-refractivity contribution in [2.45, 2.75) is 31.6 Å². The van der Waals surface area contributed by atoms with Gasteiger partial charge in [-0.3, -0.25) is 4.79 Å². The third-order valence-corrected chi connectivity index (χ3v) is 2.29. The van der Waals surface area contributed by atoms with Gasteiger partial charge in [-0.1, -0.05) is 6.92 Å². The number of nitrogens with zero attached hydrogens (tertiary/aromatic N) is 2. The van der Waals surface area contributed by atoms with E-state index in [1.54, 1.807) is 0 Å². The number of carboxylic acids is 1. The number of carbonyl (C=O) groups is 1. The lowest BCUT2D eigenvalue weighted by Crippen LogP contribution is -2.00. The summed E-state index contributed by atoms with van der Waals surface area (Å²) >= 11 is 0. The molecule has 0 aliphatic heterocycles. The van der Waals surface area contributed by atoms with E-state index in [9.17, 15) is 4.79 Å². The van der Waals surface area contributed by atoms with E-state index < -0.39 is 5.97 Å². The second-order valence-corrected chi connectivity index (χ2v) is 3.63. The van der Waals surface area contributed by atoms with Crippen molar-refractivity contribution < 1.29 is 14.3 Å². The fraction of sp³-hybridized carbons (Fsp3) is 0.625. The van der Waals surface area contributed by atoms with E-state index in [0.717, 1.165) is 12.8 Å². The maximum atomic E-state index is 10.3. The van der Waals surface area contributed by atoms with Crippen molar-refractivity contribution in [1.82, 2.24) is 10.2 Å². The Morgan fingerprint density at radius 2 is 2.31 bits per heavy atom. The fourth-order valence-electron chi connectivity index (χ4n) is 1.10. The van der Waals surface area contributed by atoms with Crippen molar-refractivity contribution in [3.05, 3.63) is 11.8 Å². The van der Waals surface area contributed by atoms with E-state index in [4.69, 9.17) is 9.52 Å². The van der Waals surface area contributed by atoms with Crippen LogP contribution in [-0.4, -0.2) is 21.3 Å². The summed E-state index contributed by atoms with van der Waals surface area (Å²) < 4.78 is 5.22. The van der Waals surface area contributed by atoms with Gasteiger partial charge in [0.05, 0.1) is 0 Å². The van der Waals surface area contributed by atoms with Crippen LogP contribution in [0, 0.1) is 0 Å². The number of aliphatic carboxylic acids is 1. The van der Waals surface area contributed by atoms with E-state index in [0.29, 0.717) is 5.89 Å². The molecule has 1 saturated carbocycles. The van der Waals surface area contributed by atoms with Crippen molar-refractivity contribution in [2.24, 2.45) is 0 Å². The number of hydrogen-bond acceptors (Lipinski definition) is 4. The van der Waals surface area contributed by atoms with Crippen LogP contribution in [0.1, 0.15) is 31.5 Å². The van der Waals surface area contributed by atoms with Gasteiger partial charge in [-0.2, -0.15) is 0 Å². The molecule has 70 valence electrons. The lowest BCUT2D eigenvalue weighted by atomic mass is 10.1. The van der Waals surface area contributed by atoms with Crippen LogP contribution < -0.4 is 0 Å². The predicted octanol–water partition coefficient (Wildman–Crippen LogP) is 0.748. The smallest absolute Gasteiger partial charge is 0.312 e. The number of carboxylic acid groups (broad SMARTS) is 1. The van der Waals surface area contributed by atoms with E-state index in [-0.39, 0.29) is 17.7 Å². The van der Waals surface area contributed by atoms with Crippen LogP contribution in [0.5, 0.6) is 0 Å². The number of aromatic nitrogens is 2. The highest BCUT2D eigenvalue weighted by atomic mass is 16.4. The molecular formula is C8H10N2O3. The first-order valence-corrected chi connectivity index (χ1v) is 4.15. The Balaban J connectivity index is 2.14. The molecule has 1 heterocycles. The first-order chi connectivity index (χ1) is 6.10. The van der Waals surface area contributed by atoms with Gasteiger partial charge in [0.25, 0.3) is 0 Å². The van der Waals surface area contributed by atoms with Gasteiger partial charge < -0.3 is 9.52 Å². The van der Waals surface area contributed by atoms with Crippen molar-refractivity contribution >= 4 is 5.97 Å². The summed E-state index contributed by atoms with van der Waals surface area (Å²) in [7, 11) is 0. The molecule has 0 radical (unpaired) electrons. The van der Waals surface area contributed by atoms with Gasteiger partial charge in [-0.25, -0.2) is 0 Å². The van der Waals surface area contributed by atoms with Crippen molar-refractivity contribution in [3.8, 4) is 0 Å². The maximum Gasteiger partial charge on any atom is 0.312 e. The van der Waals surface area contributed by atoms with Crippen LogP contribution in [0.15, 0.2) is 4.42 Å². The van der Waals surface area contributed by atoms with Crippen LogP contribution in [0.2, 0.25) is 0 Å². The summed E-state index contributed by atoms with van der Waals surface area (Å²) in [5.41, 5.74) is 0.0176. The standard InChI is InChI=1S/C8H10N2O3/c1-8(2-3-8)7-10-9-5(13-7)4-6(11)12/h2-4H2,1H3,(H,11,12). The van der Waals surface area contributed by atoms with Gasteiger partial charge in [0.1, 0.15) is 6.42 Å². The van der Waals surface area contributed by atoms with Gasteiger partial charge in [0.15, 0.2) is 0 Å². The monoisotopic (exact) mass is 182 g/mol. The zero-order valence-electron chi connectivity index (χ0n) is 7.28. The van der Waals surface area contributed by atoms with Gasteiger partial charge in [0.2, 0.25) is 11.8 Å². The molecular weight excluding hydrogens is 172 g/mol. The SMILES string of the molecule is CC1(c2nnc(CC(=O)O)o2)CC1. The van der Waals surface area contributed by atoms with E-state index in [1.807, 2.05) is 6.92 Å². The molecule has 0 saturated heterocycles. The second-order valence-electron chi connectivity index (χ2n) is 3.63. The van der Waals surface area contributed by atoms with Crippen molar-refractivity contribution in [1.29, 1.82) is 0 Å². The predicted molar refractivity (Wildman–Crippen MR) is 42.2 cm³/mol. The quantitative estimate of drug-likeness (QED) is 0.746. The third-order valence-electron chi connectivity index (χ3n) is 2.29. The van der Waals surface area contributed by atoms with Crippen molar-refractivity contribution in [3.63, 3.8) is 0 Å². The average Bonchev–Trinajstić information content (AvgIpc) is 2.62. The molecule has 0 spiro atoms. The Hall–Kier alpha value is -1.39. The van der Waals surface area contributed by atoms with Gasteiger partial charge >= 0.3 is 5.97 Å².